The Morgan fingerprint density at radius 1 is 0.365 bits per heavy atom. The minimum atomic E-state index is -0.629. The van der Waals surface area contributed by atoms with Gasteiger partial charge in [-0.2, -0.15) is 0 Å². The Labute approximate surface area is 317 Å². The second kappa shape index (κ2) is 12.5. The number of para-hydroxylation sites is 1. The fourth-order valence-electron chi connectivity index (χ4n) is 6.88. The van der Waals surface area contributed by atoms with E-state index in [0.29, 0.717) is 38.4 Å². The minimum absolute atomic E-state index is 0.0177. The lowest BCUT2D eigenvalue weighted by molar-refractivity contribution is 0.670. The Bertz CT molecular complexity index is 3330. The fourth-order valence-corrected chi connectivity index (χ4v) is 6.88. The Morgan fingerprint density at radius 3 is 1.46 bits per heavy atom. The van der Waals surface area contributed by atoms with Gasteiger partial charge in [0, 0.05) is 39.4 Å². The van der Waals surface area contributed by atoms with Crippen molar-refractivity contribution in [3.05, 3.63) is 200 Å². The summed E-state index contributed by atoms with van der Waals surface area (Å²) in [6.45, 7) is 0. The Hall–Kier alpha value is -6.90. The zero-order chi connectivity index (χ0) is 44.0. The molecule has 0 saturated heterocycles. The molecule has 0 bridgehead atoms. The van der Waals surface area contributed by atoms with E-state index in [0.717, 1.165) is 21.2 Å². The molecule has 0 fully saturated rings. The van der Waals surface area contributed by atoms with Crippen molar-refractivity contribution in [3.63, 3.8) is 0 Å². The van der Waals surface area contributed by atoms with Crippen molar-refractivity contribution in [2.75, 3.05) is 4.90 Å². The van der Waals surface area contributed by atoms with Gasteiger partial charge in [-0.1, -0.05) is 158 Å². The first-order chi connectivity index (χ1) is 30.4. The monoisotopic (exact) mass is 674 g/mol. The standard InChI is InChI=1S/C50H33NO/c1-2-11-36(12-3-1)46-21-10-22-48-47-32-31-41(33-49(47)52-50(46)48)51(39-27-23-37(24-28-39)44-19-8-15-34-13-4-6-17-42(34)44)40-29-25-38(26-30-40)45-20-9-16-35-14-5-7-18-43(35)45/h1-33H/i23D,24D,25D,26D,27D,28D,29D,30D,31D,32D,33D. The summed E-state index contributed by atoms with van der Waals surface area (Å²) in [5, 5.41) is 3.59. The van der Waals surface area contributed by atoms with E-state index >= 15 is 0 Å². The quantitative estimate of drug-likeness (QED) is 0.175. The average Bonchev–Trinajstić information content (AvgIpc) is 3.71. The topological polar surface area (TPSA) is 16.4 Å². The van der Waals surface area contributed by atoms with E-state index in [4.69, 9.17) is 4.42 Å². The molecule has 0 aliphatic heterocycles. The third-order valence-corrected chi connectivity index (χ3v) is 9.35. The fraction of sp³-hybridized carbons (Fsp3) is 0. The molecule has 10 rings (SSSR count). The molecule has 52 heavy (non-hydrogen) atoms. The first-order valence-electron chi connectivity index (χ1n) is 22.4. The van der Waals surface area contributed by atoms with Crippen LogP contribution in [0.2, 0.25) is 0 Å². The van der Waals surface area contributed by atoms with E-state index in [2.05, 4.69) is 0 Å². The van der Waals surface area contributed by atoms with E-state index in [1.165, 1.54) is 0 Å². The number of anilines is 3. The van der Waals surface area contributed by atoms with Gasteiger partial charge < -0.3 is 9.32 Å². The Kier molecular flexibility index (Phi) is 4.96. The van der Waals surface area contributed by atoms with Gasteiger partial charge in [0.15, 0.2) is 0 Å². The van der Waals surface area contributed by atoms with Crippen molar-refractivity contribution in [2.24, 2.45) is 0 Å². The van der Waals surface area contributed by atoms with Crippen molar-refractivity contribution in [1.82, 2.24) is 0 Å². The van der Waals surface area contributed by atoms with Crippen LogP contribution in [-0.2, 0) is 0 Å². The predicted molar refractivity (Wildman–Crippen MR) is 220 cm³/mol. The average molecular weight is 675 g/mol. The molecule has 1 aromatic heterocycles. The molecule has 10 aromatic rings. The first-order valence-corrected chi connectivity index (χ1v) is 16.9. The van der Waals surface area contributed by atoms with Gasteiger partial charge in [0.1, 0.15) is 11.2 Å². The number of fused-ring (bicyclic) bond motifs is 5. The van der Waals surface area contributed by atoms with E-state index in [1.807, 2.05) is 97.1 Å². The normalized spacial score (nSPS) is 14.4. The molecule has 244 valence electrons. The molecule has 2 nitrogen and oxygen atoms in total. The van der Waals surface area contributed by atoms with Crippen LogP contribution in [0.3, 0.4) is 0 Å². The predicted octanol–water partition coefficient (Wildman–Crippen LogP) is 14.4. The molecule has 9 aromatic carbocycles. The maximum absolute atomic E-state index is 9.77. The van der Waals surface area contributed by atoms with Crippen LogP contribution in [0.5, 0.6) is 0 Å². The SMILES string of the molecule is [2H]c1c([2H])c(N(c2c([2H])c([2H])c(-c3cccc4ccccc34)c([2H])c2[2H])c2c([2H])c([2H])c3c(oc4c(-c5ccccc5)cccc43)c2[2H])c([2H])c([2H])c1-c1cccc2ccccc12. The number of benzene rings is 9. The highest BCUT2D eigenvalue weighted by atomic mass is 16.3. The molecule has 0 atom stereocenters. The maximum Gasteiger partial charge on any atom is 0.143 e. The molecular formula is C50H33NO. The number of hydrogen-bond donors (Lipinski definition) is 0. The van der Waals surface area contributed by atoms with Gasteiger partial charge in [-0.05, 0) is 85.6 Å². The van der Waals surface area contributed by atoms with Crippen LogP contribution in [0, 0.1) is 0 Å². The third-order valence-electron chi connectivity index (χ3n) is 9.35. The molecular weight excluding hydrogens is 631 g/mol. The summed E-state index contributed by atoms with van der Waals surface area (Å²) in [6.07, 6.45) is 0. The third kappa shape index (κ3) is 5.12. The van der Waals surface area contributed by atoms with Crippen molar-refractivity contribution in [1.29, 1.82) is 0 Å². The van der Waals surface area contributed by atoms with Crippen molar-refractivity contribution in [2.45, 2.75) is 0 Å². The molecule has 0 spiro atoms. The number of furan rings is 1. The van der Waals surface area contributed by atoms with Gasteiger partial charge in [-0.25, -0.2) is 0 Å². The van der Waals surface area contributed by atoms with Crippen molar-refractivity contribution < 1.29 is 19.5 Å². The second-order valence-electron chi connectivity index (χ2n) is 12.4. The molecule has 0 N–H and O–H groups in total. The summed E-state index contributed by atoms with van der Waals surface area (Å²) in [6, 6.07) is 34.2. The zero-order valence-corrected chi connectivity index (χ0v) is 27.6. The summed E-state index contributed by atoms with van der Waals surface area (Å²) in [5.74, 6) is 0. The number of rotatable bonds is 6. The lowest BCUT2D eigenvalue weighted by Gasteiger charge is -2.26. The van der Waals surface area contributed by atoms with E-state index in [-0.39, 0.29) is 22.1 Å². The summed E-state index contributed by atoms with van der Waals surface area (Å²) >= 11 is 0. The first kappa shape index (κ1) is 20.7. The van der Waals surface area contributed by atoms with E-state index in [1.54, 1.807) is 36.4 Å². The van der Waals surface area contributed by atoms with Gasteiger partial charge in [-0.3, -0.25) is 0 Å². The highest BCUT2D eigenvalue weighted by Crippen LogP contribution is 2.42. The highest BCUT2D eigenvalue weighted by molar-refractivity contribution is 6.10. The number of nitrogens with zero attached hydrogens (tertiary/aromatic N) is 1. The molecule has 0 aliphatic carbocycles. The second-order valence-corrected chi connectivity index (χ2v) is 12.4. The van der Waals surface area contributed by atoms with Crippen LogP contribution in [0.25, 0.3) is 76.9 Å². The highest BCUT2D eigenvalue weighted by Gasteiger charge is 2.18. The lowest BCUT2D eigenvalue weighted by Crippen LogP contribution is -2.09. The minimum Gasteiger partial charge on any atom is -0.455 e. The van der Waals surface area contributed by atoms with Crippen LogP contribution in [0.4, 0.5) is 17.1 Å². The number of hydrogen-bond acceptors (Lipinski definition) is 2. The zero-order valence-electron chi connectivity index (χ0n) is 38.6. The van der Waals surface area contributed by atoms with Gasteiger partial charge in [0.2, 0.25) is 0 Å². The van der Waals surface area contributed by atoms with Crippen LogP contribution in [0.15, 0.2) is 204 Å². The molecule has 1 heterocycles. The molecule has 0 unspecified atom stereocenters. The summed E-state index contributed by atoms with van der Waals surface area (Å²) in [4.78, 5) is 0.925. The lowest BCUT2D eigenvalue weighted by atomic mass is 9.97. The van der Waals surface area contributed by atoms with Crippen molar-refractivity contribution in [3.8, 4) is 33.4 Å². The van der Waals surface area contributed by atoms with E-state index in [9.17, 15) is 15.1 Å². The van der Waals surface area contributed by atoms with E-state index < -0.39 is 83.5 Å². The smallest absolute Gasteiger partial charge is 0.143 e. The largest absolute Gasteiger partial charge is 0.455 e. The Balaban J connectivity index is 1.31. The van der Waals surface area contributed by atoms with Crippen LogP contribution in [-0.4, -0.2) is 0 Å². The summed E-state index contributed by atoms with van der Waals surface area (Å²) in [7, 11) is 0. The summed E-state index contributed by atoms with van der Waals surface area (Å²) < 4.78 is 111. The molecule has 0 amide bonds. The van der Waals surface area contributed by atoms with Gasteiger partial charge >= 0.3 is 0 Å². The van der Waals surface area contributed by atoms with Gasteiger partial charge in [0.05, 0.1) is 15.1 Å². The van der Waals surface area contributed by atoms with Crippen molar-refractivity contribution >= 4 is 60.5 Å². The van der Waals surface area contributed by atoms with Gasteiger partial charge in [0.25, 0.3) is 0 Å². The van der Waals surface area contributed by atoms with Crippen LogP contribution >= 0.6 is 0 Å². The molecule has 0 aliphatic rings. The van der Waals surface area contributed by atoms with Crippen LogP contribution in [0.1, 0.15) is 15.1 Å². The Morgan fingerprint density at radius 2 is 0.846 bits per heavy atom. The maximum atomic E-state index is 9.77. The molecule has 2 heteroatoms. The molecule has 0 saturated carbocycles. The summed E-state index contributed by atoms with van der Waals surface area (Å²) in [5.41, 5.74) is 0.969. The molecule has 0 radical (unpaired) electrons. The van der Waals surface area contributed by atoms with Gasteiger partial charge in [-0.15, -0.1) is 0 Å². The van der Waals surface area contributed by atoms with Crippen LogP contribution < -0.4 is 4.90 Å².